The van der Waals surface area contributed by atoms with Gasteiger partial charge in [0.25, 0.3) is 0 Å². The van der Waals surface area contributed by atoms with E-state index in [2.05, 4.69) is 0 Å². The average molecular weight is 316 g/mol. The van der Waals surface area contributed by atoms with Gasteiger partial charge in [0.1, 0.15) is 0 Å². The normalized spacial score (nSPS) is 20.7. The molecule has 2 N–H and O–H groups in total. The summed E-state index contributed by atoms with van der Waals surface area (Å²) in [5.41, 5.74) is 7.32. The van der Waals surface area contributed by atoms with E-state index in [1.54, 1.807) is 4.90 Å². The van der Waals surface area contributed by atoms with E-state index in [0.29, 0.717) is 13.1 Å². The van der Waals surface area contributed by atoms with Gasteiger partial charge in [-0.1, -0.05) is 42.5 Å². The lowest BCUT2D eigenvalue weighted by molar-refractivity contribution is -0.129. The molecule has 3 rings (SSSR count). The molecule has 3 nitrogen and oxygen atoms in total. The van der Waals surface area contributed by atoms with Crippen molar-refractivity contribution >= 4 is 5.91 Å². The number of nitrogens with two attached hydrogens (primary N) is 1. The summed E-state index contributed by atoms with van der Waals surface area (Å²) < 4.78 is 26.9. The summed E-state index contributed by atoms with van der Waals surface area (Å²) in [5.74, 6) is -2.06. The quantitative estimate of drug-likeness (QED) is 0.945. The van der Waals surface area contributed by atoms with Gasteiger partial charge in [-0.3, -0.25) is 4.79 Å². The van der Waals surface area contributed by atoms with Crippen LogP contribution in [0.4, 0.5) is 8.78 Å². The van der Waals surface area contributed by atoms with Crippen molar-refractivity contribution in [2.75, 3.05) is 13.1 Å². The van der Waals surface area contributed by atoms with Crippen molar-refractivity contribution < 1.29 is 13.6 Å². The van der Waals surface area contributed by atoms with Crippen LogP contribution in [0.25, 0.3) is 0 Å². The SMILES string of the molecule is N[C@@H]1CN(C(=O)Cc2cccc(F)c2F)C[C@H]1c1ccccc1. The average Bonchev–Trinajstić information content (AvgIpc) is 2.95. The third-order valence-electron chi connectivity index (χ3n) is 4.32. The van der Waals surface area contributed by atoms with Crippen molar-refractivity contribution in [1.82, 2.24) is 4.90 Å². The highest BCUT2D eigenvalue weighted by Gasteiger charge is 2.33. The standard InChI is InChI=1S/C18H18F2N2O/c19-15-8-4-7-13(18(15)20)9-17(23)22-10-14(16(21)11-22)12-5-2-1-3-6-12/h1-8,14,16H,9-11,21H2/t14-,16+/m0/s1. The van der Waals surface area contributed by atoms with Gasteiger partial charge in [-0.25, -0.2) is 8.78 Å². The number of amides is 1. The molecule has 2 aromatic rings. The molecule has 2 atom stereocenters. The minimum atomic E-state index is -0.955. The largest absolute Gasteiger partial charge is 0.340 e. The van der Waals surface area contributed by atoms with Crippen LogP contribution in [0.2, 0.25) is 0 Å². The second-order valence-electron chi connectivity index (χ2n) is 5.87. The molecule has 0 spiro atoms. The molecule has 1 fully saturated rings. The Bertz CT molecular complexity index is 705. The number of likely N-dealkylation sites (tertiary alicyclic amines) is 1. The van der Waals surface area contributed by atoms with Gasteiger partial charge in [0, 0.05) is 30.6 Å². The van der Waals surface area contributed by atoms with Crippen LogP contribution in [0, 0.1) is 11.6 Å². The number of hydrogen-bond donors (Lipinski definition) is 1. The van der Waals surface area contributed by atoms with E-state index in [4.69, 9.17) is 5.73 Å². The molecule has 1 saturated heterocycles. The second kappa shape index (κ2) is 6.46. The van der Waals surface area contributed by atoms with E-state index in [9.17, 15) is 13.6 Å². The molecule has 1 amide bonds. The monoisotopic (exact) mass is 316 g/mol. The zero-order valence-electron chi connectivity index (χ0n) is 12.6. The number of nitrogens with zero attached hydrogens (tertiary/aromatic N) is 1. The van der Waals surface area contributed by atoms with Crippen LogP contribution in [0.3, 0.4) is 0 Å². The smallest absolute Gasteiger partial charge is 0.227 e. The lowest BCUT2D eigenvalue weighted by Gasteiger charge is -2.17. The molecule has 1 aliphatic rings. The van der Waals surface area contributed by atoms with Gasteiger partial charge < -0.3 is 10.6 Å². The van der Waals surface area contributed by atoms with Crippen LogP contribution >= 0.6 is 0 Å². The highest BCUT2D eigenvalue weighted by atomic mass is 19.2. The van der Waals surface area contributed by atoms with E-state index in [0.717, 1.165) is 11.6 Å². The third-order valence-corrected chi connectivity index (χ3v) is 4.32. The molecule has 0 aromatic heterocycles. The van der Waals surface area contributed by atoms with Crippen molar-refractivity contribution in [3.8, 4) is 0 Å². The summed E-state index contributed by atoms with van der Waals surface area (Å²) in [6.45, 7) is 0.927. The zero-order valence-corrected chi connectivity index (χ0v) is 12.6. The first kappa shape index (κ1) is 15.6. The Kier molecular flexibility index (Phi) is 4.39. The molecule has 1 heterocycles. The van der Waals surface area contributed by atoms with Gasteiger partial charge in [-0.2, -0.15) is 0 Å². The summed E-state index contributed by atoms with van der Waals surface area (Å²) in [4.78, 5) is 14.0. The van der Waals surface area contributed by atoms with Gasteiger partial charge in [0.15, 0.2) is 11.6 Å². The Morgan fingerprint density at radius 3 is 2.57 bits per heavy atom. The lowest BCUT2D eigenvalue weighted by atomic mass is 9.95. The maximum atomic E-state index is 13.7. The first-order valence-electron chi connectivity index (χ1n) is 7.57. The predicted octanol–water partition coefficient (Wildman–Crippen LogP) is 2.46. The summed E-state index contributed by atoms with van der Waals surface area (Å²) >= 11 is 0. The summed E-state index contributed by atoms with van der Waals surface area (Å²) in [6.07, 6.45) is -0.155. The van der Waals surface area contributed by atoms with E-state index < -0.39 is 11.6 Å². The molecule has 0 bridgehead atoms. The zero-order chi connectivity index (χ0) is 16.4. The van der Waals surface area contributed by atoms with Crippen LogP contribution < -0.4 is 5.73 Å². The van der Waals surface area contributed by atoms with Crippen LogP contribution in [-0.4, -0.2) is 29.9 Å². The molecule has 5 heteroatoms. The summed E-state index contributed by atoms with van der Waals surface area (Å²) in [6, 6.07) is 13.5. The second-order valence-corrected chi connectivity index (χ2v) is 5.87. The molecule has 0 unspecified atom stereocenters. The van der Waals surface area contributed by atoms with Gasteiger partial charge in [-0.05, 0) is 11.6 Å². The number of rotatable bonds is 3. The van der Waals surface area contributed by atoms with Gasteiger partial charge >= 0.3 is 0 Å². The first-order valence-corrected chi connectivity index (χ1v) is 7.57. The highest BCUT2D eigenvalue weighted by molar-refractivity contribution is 5.79. The summed E-state index contributed by atoms with van der Waals surface area (Å²) in [5, 5.41) is 0. The van der Waals surface area contributed by atoms with Crippen molar-refractivity contribution in [2.24, 2.45) is 5.73 Å². The van der Waals surface area contributed by atoms with Crippen molar-refractivity contribution in [2.45, 2.75) is 18.4 Å². The highest BCUT2D eigenvalue weighted by Crippen LogP contribution is 2.27. The van der Waals surface area contributed by atoms with Crippen LogP contribution in [-0.2, 0) is 11.2 Å². The molecule has 0 aliphatic carbocycles. The number of hydrogen-bond acceptors (Lipinski definition) is 2. The first-order chi connectivity index (χ1) is 11.1. The minimum absolute atomic E-state index is 0.0671. The fraction of sp³-hybridized carbons (Fsp3) is 0.278. The van der Waals surface area contributed by atoms with Crippen LogP contribution in [0.15, 0.2) is 48.5 Å². The Morgan fingerprint density at radius 1 is 1.09 bits per heavy atom. The van der Waals surface area contributed by atoms with E-state index in [1.807, 2.05) is 30.3 Å². The fourth-order valence-electron chi connectivity index (χ4n) is 3.05. The Labute approximate surface area is 133 Å². The van der Waals surface area contributed by atoms with E-state index >= 15 is 0 Å². The Morgan fingerprint density at radius 2 is 1.83 bits per heavy atom. The van der Waals surface area contributed by atoms with Crippen molar-refractivity contribution in [3.05, 3.63) is 71.3 Å². The van der Waals surface area contributed by atoms with Gasteiger partial charge in [0.05, 0.1) is 6.42 Å². The number of benzene rings is 2. The molecule has 120 valence electrons. The maximum Gasteiger partial charge on any atom is 0.227 e. The predicted molar refractivity (Wildman–Crippen MR) is 83.8 cm³/mol. The van der Waals surface area contributed by atoms with Gasteiger partial charge in [-0.15, -0.1) is 0 Å². The topological polar surface area (TPSA) is 46.3 Å². The molecule has 0 radical (unpaired) electrons. The summed E-state index contributed by atoms with van der Waals surface area (Å²) in [7, 11) is 0. The molecular weight excluding hydrogens is 298 g/mol. The Balaban J connectivity index is 1.71. The van der Waals surface area contributed by atoms with E-state index in [-0.39, 0.29) is 29.9 Å². The molecule has 0 saturated carbocycles. The molecule has 2 aromatic carbocycles. The van der Waals surface area contributed by atoms with E-state index in [1.165, 1.54) is 12.1 Å². The fourth-order valence-corrected chi connectivity index (χ4v) is 3.05. The third kappa shape index (κ3) is 3.24. The lowest BCUT2D eigenvalue weighted by Crippen LogP contribution is -2.33. The molecule has 1 aliphatic heterocycles. The van der Waals surface area contributed by atoms with Crippen molar-refractivity contribution in [1.29, 1.82) is 0 Å². The number of halogens is 2. The van der Waals surface area contributed by atoms with Gasteiger partial charge in [0.2, 0.25) is 5.91 Å². The minimum Gasteiger partial charge on any atom is -0.340 e. The maximum absolute atomic E-state index is 13.7. The number of carbonyl (C=O) groups is 1. The molecule has 23 heavy (non-hydrogen) atoms. The Hall–Kier alpha value is -2.27. The number of carbonyl (C=O) groups excluding carboxylic acids is 1. The van der Waals surface area contributed by atoms with Crippen LogP contribution in [0.5, 0.6) is 0 Å². The van der Waals surface area contributed by atoms with Crippen molar-refractivity contribution in [3.63, 3.8) is 0 Å². The van der Waals surface area contributed by atoms with Crippen LogP contribution in [0.1, 0.15) is 17.0 Å². The molecular formula is C18H18F2N2O.